The lowest BCUT2D eigenvalue weighted by atomic mass is 9.92. The summed E-state index contributed by atoms with van der Waals surface area (Å²) in [6.45, 7) is 7.24. The van der Waals surface area contributed by atoms with Crippen molar-refractivity contribution in [3.05, 3.63) is 95.7 Å². The number of alkyl halides is 1. The van der Waals surface area contributed by atoms with E-state index in [9.17, 15) is 17.2 Å². The van der Waals surface area contributed by atoms with Gasteiger partial charge >= 0.3 is 7.60 Å². The zero-order valence-electron chi connectivity index (χ0n) is 25.7. The van der Waals surface area contributed by atoms with E-state index in [0.717, 1.165) is 5.39 Å². The lowest BCUT2D eigenvalue weighted by molar-refractivity contribution is 0.0169. The van der Waals surface area contributed by atoms with Crippen molar-refractivity contribution in [3.8, 4) is 11.1 Å². The number of benzene rings is 3. The molecule has 1 aromatic heterocycles. The summed E-state index contributed by atoms with van der Waals surface area (Å²) in [6.07, 6.45) is 4.09. The maximum Gasteiger partial charge on any atom is 0.372 e. The first-order chi connectivity index (χ1) is 20.5. The summed E-state index contributed by atoms with van der Waals surface area (Å²) >= 11 is 0. The van der Waals surface area contributed by atoms with Crippen molar-refractivity contribution < 1.29 is 30.6 Å². The smallest absolute Gasteiger partial charge is 0.305 e. The molecule has 7 nitrogen and oxygen atoms in total. The van der Waals surface area contributed by atoms with Crippen LogP contribution in [0, 0.1) is 5.41 Å². The average Bonchev–Trinajstić information content (AvgIpc) is 2.97. The maximum atomic E-state index is 17.5. The van der Waals surface area contributed by atoms with E-state index in [2.05, 4.69) is 4.98 Å². The number of halogens is 1. The molecule has 0 saturated carbocycles. The monoisotopic (exact) mass is 657 g/mol. The quantitative estimate of drug-likeness (QED) is 0.181. The van der Waals surface area contributed by atoms with Crippen LogP contribution in [0.15, 0.2) is 83.9 Å². The summed E-state index contributed by atoms with van der Waals surface area (Å²) in [5.74, 6) is 0. The van der Waals surface area contributed by atoms with Gasteiger partial charge in [0, 0.05) is 62.8 Å². The van der Waals surface area contributed by atoms with Crippen LogP contribution in [0.4, 0.5) is 4.39 Å². The van der Waals surface area contributed by atoms with Gasteiger partial charge in [-0.05, 0) is 60.9 Å². The van der Waals surface area contributed by atoms with Gasteiger partial charge in [0.05, 0.1) is 23.5 Å². The van der Waals surface area contributed by atoms with Gasteiger partial charge in [-0.15, -0.1) is 0 Å². The van der Waals surface area contributed by atoms with Crippen molar-refractivity contribution in [2.75, 3.05) is 25.7 Å². The van der Waals surface area contributed by atoms with E-state index in [1.54, 1.807) is 56.4 Å². The van der Waals surface area contributed by atoms with Gasteiger partial charge in [0.2, 0.25) is 5.41 Å². The van der Waals surface area contributed by atoms with Crippen LogP contribution in [-0.4, -0.2) is 43.3 Å². The second kappa shape index (κ2) is 11.6. The molecule has 0 amide bonds. The number of hydrogen-bond acceptors (Lipinski definition) is 7. The molecule has 234 valence electrons. The summed E-state index contributed by atoms with van der Waals surface area (Å²) in [6, 6.07) is 20.6. The molecule has 3 aromatic carbocycles. The van der Waals surface area contributed by atoms with Gasteiger partial charge in [0.1, 0.15) is 0 Å². The van der Waals surface area contributed by atoms with Gasteiger partial charge in [0.25, 0.3) is 0 Å². The highest BCUT2D eigenvalue weighted by Gasteiger charge is 2.56. The van der Waals surface area contributed by atoms with Gasteiger partial charge in [-0.3, -0.25) is 13.8 Å². The van der Waals surface area contributed by atoms with E-state index < -0.39 is 43.8 Å². The molecule has 0 N–H and O–H groups in total. The Balaban J connectivity index is 1.63. The largest absolute Gasteiger partial charge is 0.372 e. The van der Waals surface area contributed by atoms with Crippen LogP contribution >= 0.6 is 7.60 Å². The van der Waals surface area contributed by atoms with E-state index in [-0.39, 0.29) is 25.2 Å². The molecule has 44 heavy (non-hydrogen) atoms. The maximum absolute atomic E-state index is 17.5. The molecule has 1 aliphatic rings. The van der Waals surface area contributed by atoms with E-state index in [1.165, 1.54) is 24.6 Å². The highest BCUT2D eigenvalue weighted by Crippen LogP contribution is 2.69. The molecule has 5 rings (SSSR count). The SMILES string of the molecule is CS(=O)c1ccc(C(F)(Cc2cccc(-c3cc(C(C)(C)S(C)(=O)=O)cc4cccnc34)c2)P2(=O)OCC(C)(C)CO2)cc1. The van der Waals surface area contributed by atoms with Crippen molar-refractivity contribution in [3.63, 3.8) is 0 Å². The van der Waals surface area contributed by atoms with E-state index in [4.69, 9.17) is 9.05 Å². The van der Waals surface area contributed by atoms with E-state index in [0.29, 0.717) is 32.7 Å². The average molecular weight is 658 g/mol. The number of aromatic nitrogens is 1. The van der Waals surface area contributed by atoms with Gasteiger partial charge in [-0.25, -0.2) is 12.8 Å². The van der Waals surface area contributed by atoms with Crippen LogP contribution in [0.25, 0.3) is 22.0 Å². The van der Waals surface area contributed by atoms with Crippen LogP contribution in [-0.2, 0) is 50.8 Å². The van der Waals surface area contributed by atoms with Crippen LogP contribution < -0.4 is 0 Å². The predicted octanol–water partition coefficient (Wildman–Crippen LogP) is 7.55. The molecule has 1 fully saturated rings. The number of fused-ring (bicyclic) bond motifs is 1. The highest BCUT2D eigenvalue weighted by atomic mass is 32.2. The molecular weight excluding hydrogens is 620 g/mol. The molecule has 0 radical (unpaired) electrons. The van der Waals surface area contributed by atoms with E-state index >= 15 is 4.39 Å². The van der Waals surface area contributed by atoms with E-state index in [1.807, 2.05) is 38.1 Å². The fourth-order valence-electron chi connectivity index (χ4n) is 5.16. The fraction of sp³-hybridized carbons (Fsp3) is 0.364. The minimum atomic E-state index is -4.34. The molecule has 1 aliphatic heterocycles. The summed E-state index contributed by atoms with van der Waals surface area (Å²) < 4.78 is 79.5. The minimum absolute atomic E-state index is 0.0631. The molecule has 0 spiro atoms. The lowest BCUT2D eigenvalue weighted by Gasteiger charge is -2.40. The first kappa shape index (κ1) is 32.6. The number of hydrogen-bond donors (Lipinski definition) is 0. The Bertz CT molecular complexity index is 1900. The number of sulfone groups is 1. The first-order valence-electron chi connectivity index (χ1n) is 14.2. The summed E-state index contributed by atoms with van der Waals surface area (Å²) in [4.78, 5) is 5.10. The Morgan fingerprint density at radius 3 is 2.25 bits per heavy atom. The van der Waals surface area contributed by atoms with Crippen molar-refractivity contribution in [1.29, 1.82) is 0 Å². The van der Waals surface area contributed by atoms with Gasteiger partial charge < -0.3 is 9.05 Å². The Morgan fingerprint density at radius 2 is 1.64 bits per heavy atom. The molecule has 1 saturated heterocycles. The van der Waals surface area contributed by atoms with Crippen LogP contribution in [0.5, 0.6) is 0 Å². The second-order valence-electron chi connectivity index (χ2n) is 12.7. The lowest BCUT2D eigenvalue weighted by Crippen LogP contribution is -2.36. The third-order valence-electron chi connectivity index (χ3n) is 8.32. The van der Waals surface area contributed by atoms with Gasteiger partial charge in [-0.2, -0.15) is 0 Å². The van der Waals surface area contributed by atoms with Crippen LogP contribution in [0.1, 0.15) is 44.4 Å². The predicted molar refractivity (Wildman–Crippen MR) is 174 cm³/mol. The summed E-state index contributed by atoms with van der Waals surface area (Å²) in [5.41, 5.74) is 2.85. The van der Waals surface area contributed by atoms with Crippen LogP contribution in [0.3, 0.4) is 0 Å². The summed E-state index contributed by atoms with van der Waals surface area (Å²) in [7, 11) is -9.08. The summed E-state index contributed by atoms with van der Waals surface area (Å²) in [5, 5.41) is -1.78. The van der Waals surface area contributed by atoms with Gasteiger partial charge in [-0.1, -0.05) is 56.3 Å². The standard InChI is InChI=1S/C33H37FNO6PS2/c1-31(2)21-40-42(36,41-22-31)33(34,26-12-14-28(15-13-26)43(5)37)20-23-9-7-10-24(17-23)29-19-27(32(3,4)44(6,38)39)18-25-11-8-16-35-30(25)29/h7-19H,20-22H2,1-6H3. The third kappa shape index (κ3) is 6.07. The molecule has 11 heteroatoms. The molecule has 2 unspecified atom stereocenters. The van der Waals surface area contributed by atoms with Crippen molar-refractivity contribution in [2.45, 2.75) is 49.2 Å². The minimum Gasteiger partial charge on any atom is -0.305 e. The zero-order valence-corrected chi connectivity index (χ0v) is 28.2. The van der Waals surface area contributed by atoms with Crippen molar-refractivity contribution in [2.24, 2.45) is 5.41 Å². The number of rotatable bonds is 8. The first-order valence-corrected chi connectivity index (χ1v) is 19.2. The Kier molecular flexibility index (Phi) is 8.57. The van der Waals surface area contributed by atoms with Crippen molar-refractivity contribution >= 4 is 39.1 Å². The number of nitrogens with zero attached hydrogens (tertiary/aromatic N) is 1. The molecule has 0 bridgehead atoms. The Labute approximate surface area is 261 Å². The van der Waals surface area contributed by atoms with Crippen LogP contribution in [0.2, 0.25) is 0 Å². The normalized spacial score (nSPS) is 18.9. The molecule has 0 aliphatic carbocycles. The van der Waals surface area contributed by atoms with Gasteiger partial charge in [0.15, 0.2) is 9.84 Å². The molecule has 2 heterocycles. The Morgan fingerprint density at radius 1 is 0.977 bits per heavy atom. The fourth-order valence-corrected chi connectivity index (χ4v) is 8.58. The molecule has 4 aromatic rings. The van der Waals surface area contributed by atoms with Crippen molar-refractivity contribution in [1.82, 2.24) is 4.98 Å². The second-order valence-corrected chi connectivity index (χ2v) is 18.9. The molecule has 2 atom stereocenters. The highest BCUT2D eigenvalue weighted by molar-refractivity contribution is 7.91. The number of pyridine rings is 1. The zero-order chi connectivity index (χ0) is 32.1. The Hall–Kier alpha value is -2.75. The molecular formula is C33H37FNO6PS2. The topological polar surface area (TPSA) is 99.6 Å². The third-order valence-corrected chi connectivity index (χ3v) is 13.6.